The molecule has 0 saturated heterocycles. The van der Waals surface area contributed by atoms with Gasteiger partial charge in [-0.2, -0.15) is 0 Å². The molecule has 19 heavy (non-hydrogen) atoms. The van der Waals surface area contributed by atoms with Gasteiger partial charge in [-0.1, -0.05) is 24.3 Å². The lowest BCUT2D eigenvalue weighted by Gasteiger charge is -2.12. The molecule has 0 fully saturated rings. The highest BCUT2D eigenvalue weighted by atomic mass is 19.1. The molecule has 0 aliphatic carbocycles. The van der Waals surface area contributed by atoms with E-state index in [1.54, 1.807) is 12.1 Å². The first-order valence-electron chi connectivity index (χ1n) is 6.42. The van der Waals surface area contributed by atoms with E-state index in [9.17, 15) is 4.39 Å². The fourth-order valence-electron chi connectivity index (χ4n) is 1.97. The Morgan fingerprint density at radius 1 is 1.05 bits per heavy atom. The first-order valence-corrected chi connectivity index (χ1v) is 6.42. The minimum absolute atomic E-state index is 0.126. The molecule has 2 N–H and O–H groups in total. The molecule has 0 spiro atoms. The molecular weight excluding hydrogens is 241 g/mol. The number of rotatable bonds is 5. The third-order valence-electron chi connectivity index (χ3n) is 2.99. The lowest BCUT2D eigenvalue weighted by molar-refractivity contribution is 0.340. The fraction of sp³-hybridized carbons (Fsp3) is 0.250. The lowest BCUT2D eigenvalue weighted by atomic mass is 10.00. The molecule has 0 aliphatic heterocycles. The van der Waals surface area contributed by atoms with Crippen molar-refractivity contribution in [2.24, 2.45) is 5.73 Å². The zero-order chi connectivity index (χ0) is 13.7. The Hall–Kier alpha value is -1.87. The fourth-order valence-corrected chi connectivity index (χ4v) is 1.97. The molecule has 1 atom stereocenters. The Balaban J connectivity index is 2.01. The van der Waals surface area contributed by atoms with E-state index in [0.717, 1.165) is 23.3 Å². The minimum Gasteiger partial charge on any atom is -0.494 e. The van der Waals surface area contributed by atoms with E-state index in [-0.39, 0.29) is 11.9 Å². The van der Waals surface area contributed by atoms with Gasteiger partial charge in [-0.25, -0.2) is 4.39 Å². The molecule has 1 unspecified atom stereocenters. The standard InChI is InChI=1S/C16H18FNO/c1-2-19-15-9-3-12(4-10-15)11-16(18)13-5-7-14(17)8-6-13/h3-10,16H,2,11,18H2,1H3. The highest BCUT2D eigenvalue weighted by Crippen LogP contribution is 2.19. The maximum absolute atomic E-state index is 12.8. The first-order chi connectivity index (χ1) is 9.19. The second-order valence-corrected chi connectivity index (χ2v) is 4.44. The van der Waals surface area contributed by atoms with Crippen molar-refractivity contribution < 1.29 is 9.13 Å². The summed E-state index contributed by atoms with van der Waals surface area (Å²) in [5.41, 5.74) is 8.20. The Morgan fingerprint density at radius 2 is 1.68 bits per heavy atom. The Bertz CT molecular complexity index is 507. The summed E-state index contributed by atoms with van der Waals surface area (Å²) in [5, 5.41) is 0. The van der Waals surface area contributed by atoms with Crippen LogP contribution in [0.1, 0.15) is 24.1 Å². The maximum atomic E-state index is 12.8. The van der Waals surface area contributed by atoms with Crippen molar-refractivity contribution in [3.05, 3.63) is 65.5 Å². The summed E-state index contributed by atoms with van der Waals surface area (Å²) in [7, 11) is 0. The summed E-state index contributed by atoms with van der Waals surface area (Å²) in [6.07, 6.45) is 0.720. The summed E-state index contributed by atoms with van der Waals surface area (Å²) in [4.78, 5) is 0. The van der Waals surface area contributed by atoms with Crippen LogP contribution in [0.2, 0.25) is 0 Å². The smallest absolute Gasteiger partial charge is 0.123 e. The van der Waals surface area contributed by atoms with Crippen LogP contribution in [-0.4, -0.2) is 6.61 Å². The van der Waals surface area contributed by atoms with Crippen LogP contribution in [0, 0.1) is 5.82 Å². The molecule has 0 heterocycles. The van der Waals surface area contributed by atoms with Crippen molar-refractivity contribution in [2.45, 2.75) is 19.4 Å². The van der Waals surface area contributed by atoms with E-state index in [0.29, 0.717) is 6.61 Å². The third-order valence-corrected chi connectivity index (χ3v) is 2.99. The van der Waals surface area contributed by atoms with Crippen LogP contribution in [0.15, 0.2) is 48.5 Å². The zero-order valence-electron chi connectivity index (χ0n) is 11.0. The zero-order valence-corrected chi connectivity index (χ0v) is 11.0. The number of benzene rings is 2. The van der Waals surface area contributed by atoms with E-state index in [1.807, 2.05) is 31.2 Å². The summed E-state index contributed by atoms with van der Waals surface area (Å²) >= 11 is 0. The molecule has 2 aromatic carbocycles. The molecule has 0 bridgehead atoms. The first kappa shape index (κ1) is 13.6. The van der Waals surface area contributed by atoms with E-state index in [1.165, 1.54) is 12.1 Å². The van der Waals surface area contributed by atoms with Crippen molar-refractivity contribution in [3.8, 4) is 5.75 Å². The van der Waals surface area contributed by atoms with Gasteiger partial charge in [0.05, 0.1) is 6.61 Å². The van der Waals surface area contributed by atoms with Gasteiger partial charge in [-0.15, -0.1) is 0 Å². The van der Waals surface area contributed by atoms with Crippen molar-refractivity contribution >= 4 is 0 Å². The summed E-state index contributed by atoms with van der Waals surface area (Å²) < 4.78 is 18.2. The maximum Gasteiger partial charge on any atom is 0.123 e. The molecule has 2 aromatic rings. The molecule has 0 radical (unpaired) electrons. The van der Waals surface area contributed by atoms with Crippen molar-refractivity contribution in [3.63, 3.8) is 0 Å². The van der Waals surface area contributed by atoms with Gasteiger partial charge >= 0.3 is 0 Å². The van der Waals surface area contributed by atoms with Crippen LogP contribution in [0.5, 0.6) is 5.75 Å². The summed E-state index contributed by atoms with van der Waals surface area (Å²) in [6, 6.07) is 14.1. The van der Waals surface area contributed by atoms with Gasteiger partial charge < -0.3 is 10.5 Å². The predicted molar refractivity (Wildman–Crippen MR) is 74.6 cm³/mol. The monoisotopic (exact) mass is 259 g/mol. The van der Waals surface area contributed by atoms with E-state index < -0.39 is 0 Å². The Morgan fingerprint density at radius 3 is 2.26 bits per heavy atom. The van der Waals surface area contributed by atoms with Crippen LogP contribution < -0.4 is 10.5 Å². The molecule has 2 rings (SSSR count). The van der Waals surface area contributed by atoms with E-state index in [4.69, 9.17) is 10.5 Å². The van der Waals surface area contributed by atoms with Crippen molar-refractivity contribution in [2.75, 3.05) is 6.61 Å². The number of hydrogen-bond acceptors (Lipinski definition) is 2. The van der Waals surface area contributed by atoms with Gasteiger partial charge in [0.15, 0.2) is 0 Å². The molecule has 0 aliphatic rings. The molecule has 2 nitrogen and oxygen atoms in total. The van der Waals surface area contributed by atoms with Gasteiger partial charge in [-0.05, 0) is 48.7 Å². The van der Waals surface area contributed by atoms with E-state index >= 15 is 0 Å². The van der Waals surface area contributed by atoms with Gasteiger partial charge in [-0.3, -0.25) is 0 Å². The van der Waals surface area contributed by atoms with Crippen LogP contribution in [0.25, 0.3) is 0 Å². The highest BCUT2D eigenvalue weighted by molar-refractivity contribution is 5.29. The van der Waals surface area contributed by atoms with Gasteiger partial charge in [0.25, 0.3) is 0 Å². The minimum atomic E-state index is -0.239. The van der Waals surface area contributed by atoms with Crippen LogP contribution in [0.4, 0.5) is 4.39 Å². The van der Waals surface area contributed by atoms with Crippen LogP contribution in [0.3, 0.4) is 0 Å². The molecule has 3 heteroatoms. The normalized spacial score (nSPS) is 12.2. The number of ether oxygens (including phenoxy) is 1. The largest absolute Gasteiger partial charge is 0.494 e. The predicted octanol–water partition coefficient (Wildman–Crippen LogP) is 3.47. The SMILES string of the molecule is CCOc1ccc(CC(N)c2ccc(F)cc2)cc1. The summed E-state index contributed by atoms with van der Waals surface area (Å²) in [5.74, 6) is 0.624. The summed E-state index contributed by atoms with van der Waals surface area (Å²) in [6.45, 7) is 2.62. The average molecular weight is 259 g/mol. The Kier molecular flexibility index (Phi) is 4.53. The van der Waals surface area contributed by atoms with Crippen molar-refractivity contribution in [1.29, 1.82) is 0 Å². The molecule has 0 aromatic heterocycles. The van der Waals surface area contributed by atoms with Crippen LogP contribution >= 0.6 is 0 Å². The molecule has 0 saturated carbocycles. The molecule has 0 amide bonds. The Labute approximate surface area is 113 Å². The third kappa shape index (κ3) is 3.80. The van der Waals surface area contributed by atoms with E-state index in [2.05, 4.69) is 0 Å². The highest BCUT2D eigenvalue weighted by Gasteiger charge is 2.07. The number of nitrogens with two attached hydrogens (primary N) is 1. The second kappa shape index (κ2) is 6.34. The molecule has 100 valence electrons. The average Bonchev–Trinajstić information content (AvgIpc) is 2.42. The number of hydrogen-bond donors (Lipinski definition) is 1. The van der Waals surface area contributed by atoms with Crippen molar-refractivity contribution in [1.82, 2.24) is 0 Å². The topological polar surface area (TPSA) is 35.2 Å². The van der Waals surface area contributed by atoms with Gasteiger partial charge in [0.2, 0.25) is 0 Å². The second-order valence-electron chi connectivity index (χ2n) is 4.44. The quantitative estimate of drug-likeness (QED) is 0.892. The van der Waals surface area contributed by atoms with Gasteiger partial charge in [0, 0.05) is 6.04 Å². The number of halogens is 1. The van der Waals surface area contributed by atoms with Crippen LogP contribution in [-0.2, 0) is 6.42 Å². The lowest BCUT2D eigenvalue weighted by Crippen LogP contribution is -2.13. The molecular formula is C16H18FNO. The van der Waals surface area contributed by atoms with Gasteiger partial charge in [0.1, 0.15) is 11.6 Å².